The van der Waals surface area contributed by atoms with Crippen molar-refractivity contribution in [3.05, 3.63) is 59.2 Å². The molecule has 1 fully saturated rings. The zero-order chi connectivity index (χ0) is 21.8. The third kappa shape index (κ3) is 3.81. The predicted molar refractivity (Wildman–Crippen MR) is 109 cm³/mol. The van der Waals surface area contributed by atoms with E-state index in [2.05, 4.69) is 0 Å². The molecule has 1 saturated heterocycles. The normalized spacial score (nSPS) is 18.0. The summed E-state index contributed by atoms with van der Waals surface area (Å²) in [5.74, 6) is -1.13. The van der Waals surface area contributed by atoms with Crippen molar-refractivity contribution < 1.29 is 34.0 Å². The largest absolute Gasteiger partial charge is 0.507 e. The number of carbonyl (C=O) groups is 2. The lowest BCUT2D eigenvalue weighted by atomic mass is 9.95. The Balaban J connectivity index is 2.16. The second-order valence-corrected chi connectivity index (χ2v) is 6.65. The van der Waals surface area contributed by atoms with E-state index in [1.165, 1.54) is 38.4 Å². The van der Waals surface area contributed by atoms with Crippen LogP contribution < -0.4 is 9.47 Å². The van der Waals surface area contributed by atoms with Gasteiger partial charge in [0.05, 0.1) is 32.4 Å². The maximum absolute atomic E-state index is 12.9. The van der Waals surface area contributed by atoms with E-state index in [1.807, 2.05) is 0 Å². The van der Waals surface area contributed by atoms with E-state index in [1.54, 1.807) is 30.3 Å². The minimum Gasteiger partial charge on any atom is -0.507 e. The molecular weight excluding hydrogens is 390 g/mol. The van der Waals surface area contributed by atoms with Gasteiger partial charge in [0.15, 0.2) is 11.5 Å². The Morgan fingerprint density at radius 3 is 2.33 bits per heavy atom. The number of amides is 1. The van der Waals surface area contributed by atoms with Crippen LogP contribution in [0.2, 0.25) is 0 Å². The van der Waals surface area contributed by atoms with Gasteiger partial charge >= 0.3 is 0 Å². The molecule has 2 aromatic carbocycles. The van der Waals surface area contributed by atoms with E-state index in [9.17, 15) is 19.8 Å². The summed E-state index contributed by atoms with van der Waals surface area (Å²) in [6.45, 7) is 0.357. The van der Waals surface area contributed by atoms with Crippen LogP contribution >= 0.6 is 0 Å². The zero-order valence-electron chi connectivity index (χ0n) is 16.9. The Hall–Kier alpha value is -3.52. The molecule has 8 heteroatoms. The lowest BCUT2D eigenvalue weighted by Crippen LogP contribution is -2.32. The van der Waals surface area contributed by atoms with E-state index < -0.39 is 17.7 Å². The van der Waals surface area contributed by atoms with Gasteiger partial charge in [-0.15, -0.1) is 0 Å². The number of phenols is 1. The predicted octanol–water partition coefficient (Wildman–Crippen LogP) is 2.48. The molecule has 1 heterocycles. The quantitative estimate of drug-likeness (QED) is 0.408. The number of methoxy groups -OCH3 is 3. The third-order valence-corrected chi connectivity index (χ3v) is 4.96. The molecule has 0 unspecified atom stereocenters. The van der Waals surface area contributed by atoms with Gasteiger partial charge in [-0.1, -0.05) is 6.07 Å². The number of hydrogen-bond donors (Lipinski definition) is 2. The number of phenolic OH excluding ortho intramolecular Hbond substituents is 1. The minimum absolute atomic E-state index is 0.0472. The standard InChI is InChI=1S/C22H23NO7/c1-28-11-10-23-19(14-6-9-16(24)17(12-14)30-3)18(21(26)22(23)27)20(25)13-4-7-15(29-2)8-5-13/h4-9,12,19,24-25H,10-11H2,1-3H3/t19-/m0/s1. The van der Waals surface area contributed by atoms with Crippen molar-refractivity contribution in [2.24, 2.45) is 0 Å². The van der Waals surface area contributed by atoms with Crippen molar-refractivity contribution in [3.8, 4) is 17.2 Å². The Bertz CT molecular complexity index is 981. The summed E-state index contributed by atoms with van der Waals surface area (Å²) in [6.07, 6.45) is 0. The van der Waals surface area contributed by atoms with E-state index in [-0.39, 0.29) is 36.0 Å². The van der Waals surface area contributed by atoms with Gasteiger partial charge < -0.3 is 29.3 Å². The molecule has 1 amide bonds. The van der Waals surface area contributed by atoms with E-state index >= 15 is 0 Å². The first-order valence-corrected chi connectivity index (χ1v) is 9.21. The fraction of sp³-hybridized carbons (Fsp3) is 0.273. The van der Waals surface area contributed by atoms with Crippen LogP contribution in [0.5, 0.6) is 17.2 Å². The molecule has 1 atom stereocenters. The number of likely N-dealkylation sites (tertiary alicyclic amines) is 1. The molecule has 1 aliphatic heterocycles. The molecule has 8 nitrogen and oxygen atoms in total. The number of Topliss-reactive ketones (excluding diaryl/α,β-unsaturated/α-hetero) is 1. The highest BCUT2D eigenvalue weighted by molar-refractivity contribution is 6.46. The van der Waals surface area contributed by atoms with Gasteiger partial charge in [-0.2, -0.15) is 0 Å². The number of benzene rings is 2. The highest BCUT2D eigenvalue weighted by atomic mass is 16.5. The summed E-state index contributed by atoms with van der Waals surface area (Å²) in [7, 11) is 4.42. The van der Waals surface area contributed by atoms with Gasteiger partial charge in [0.1, 0.15) is 11.5 Å². The number of aliphatic hydroxyl groups excluding tert-OH is 1. The van der Waals surface area contributed by atoms with Gasteiger partial charge in [-0.25, -0.2) is 0 Å². The highest BCUT2D eigenvalue weighted by Crippen LogP contribution is 2.41. The van der Waals surface area contributed by atoms with E-state index in [0.717, 1.165) is 0 Å². The monoisotopic (exact) mass is 413 g/mol. The molecule has 2 aromatic rings. The number of carbonyl (C=O) groups excluding carboxylic acids is 2. The van der Waals surface area contributed by atoms with Crippen molar-refractivity contribution in [1.82, 2.24) is 4.90 Å². The molecular formula is C22H23NO7. The molecule has 30 heavy (non-hydrogen) atoms. The first-order chi connectivity index (χ1) is 14.4. The van der Waals surface area contributed by atoms with Gasteiger partial charge in [-0.3, -0.25) is 9.59 Å². The fourth-order valence-electron chi connectivity index (χ4n) is 3.42. The highest BCUT2D eigenvalue weighted by Gasteiger charge is 2.46. The maximum atomic E-state index is 12.9. The topological polar surface area (TPSA) is 106 Å². The maximum Gasteiger partial charge on any atom is 0.295 e. The van der Waals surface area contributed by atoms with Crippen LogP contribution in [-0.4, -0.2) is 61.3 Å². The number of ether oxygens (including phenoxy) is 3. The first-order valence-electron chi connectivity index (χ1n) is 9.21. The molecule has 0 bridgehead atoms. The lowest BCUT2D eigenvalue weighted by Gasteiger charge is -2.25. The lowest BCUT2D eigenvalue weighted by molar-refractivity contribution is -0.140. The Labute approximate surface area is 173 Å². The van der Waals surface area contributed by atoms with Crippen LogP contribution in [0.1, 0.15) is 17.2 Å². The summed E-state index contributed by atoms with van der Waals surface area (Å²) in [4.78, 5) is 26.9. The van der Waals surface area contributed by atoms with Crippen molar-refractivity contribution in [2.75, 3.05) is 34.5 Å². The van der Waals surface area contributed by atoms with Crippen molar-refractivity contribution in [2.45, 2.75) is 6.04 Å². The number of aromatic hydroxyl groups is 1. The van der Waals surface area contributed by atoms with Gasteiger partial charge in [-0.05, 0) is 42.0 Å². The van der Waals surface area contributed by atoms with E-state index in [4.69, 9.17) is 14.2 Å². The molecule has 0 radical (unpaired) electrons. The molecule has 2 N–H and O–H groups in total. The van der Waals surface area contributed by atoms with Crippen LogP contribution in [0.25, 0.3) is 5.76 Å². The fourth-order valence-corrected chi connectivity index (χ4v) is 3.42. The molecule has 0 saturated carbocycles. The Morgan fingerprint density at radius 2 is 1.73 bits per heavy atom. The first kappa shape index (κ1) is 21.2. The van der Waals surface area contributed by atoms with Crippen molar-refractivity contribution in [1.29, 1.82) is 0 Å². The number of aliphatic hydroxyl groups is 1. The number of ketones is 1. The third-order valence-electron chi connectivity index (χ3n) is 4.96. The summed E-state index contributed by atoms with van der Waals surface area (Å²) >= 11 is 0. The van der Waals surface area contributed by atoms with Crippen LogP contribution in [0.4, 0.5) is 0 Å². The SMILES string of the molecule is COCCN1C(=O)C(=O)C(=C(O)c2ccc(OC)cc2)[C@@H]1c1ccc(O)c(OC)c1. The van der Waals surface area contributed by atoms with Gasteiger partial charge in [0.2, 0.25) is 0 Å². The van der Waals surface area contributed by atoms with Crippen molar-refractivity contribution >= 4 is 17.4 Å². The minimum atomic E-state index is -0.864. The molecule has 0 aliphatic carbocycles. The number of hydrogen-bond acceptors (Lipinski definition) is 7. The second kappa shape index (κ2) is 8.87. The summed E-state index contributed by atoms with van der Waals surface area (Å²) < 4.78 is 15.4. The van der Waals surface area contributed by atoms with Crippen molar-refractivity contribution in [3.63, 3.8) is 0 Å². The molecule has 0 spiro atoms. The van der Waals surface area contributed by atoms with Crippen LogP contribution in [-0.2, 0) is 14.3 Å². The summed E-state index contributed by atoms with van der Waals surface area (Å²) in [6, 6.07) is 10.2. The molecule has 158 valence electrons. The average Bonchev–Trinajstić information content (AvgIpc) is 3.02. The second-order valence-electron chi connectivity index (χ2n) is 6.65. The zero-order valence-corrected chi connectivity index (χ0v) is 16.9. The molecule has 1 aliphatic rings. The summed E-state index contributed by atoms with van der Waals surface area (Å²) in [5, 5.41) is 20.9. The number of rotatable bonds is 7. The molecule has 3 rings (SSSR count). The average molecular weight is 413 g/mol. The van der Waals surface area contributed by atoms with Crippen LogP contribution in [0, 0.1) is 0 Å². The Kier molecular flexibility index (Phi) is 6.27. The number of nitrogens with zero attached hydrogens (tertiary/aromatic N) is 1. The van der Waals surface area contributed by atoms with Crippen LogP contribution in [0.15, 0.2) is 48.0 Å². The van der Waals surface area contributed by atoms with Crippen LogP contribution in [0.3, 0.4) is 0 Å². The van der Waals surface area contributed by atoms with Gasteiger partial charge in [0.25, 0.3) is 11.7 Å². The Morgan fingerprint density at radius 1 is 1.03 bits per heavy atom. The molecule has 0 aromatic heterocycles. The summed E-state index contributed by atoms with van der Waals surface area (Å²) in [5.41, 5.74) is 0.834. The van der Waals surface area contributed by atoms with Gasteiger partial charge in [0, 0.05) is 19.2 Å². The van der Waals surface area contributed by atoms with E-state index in [0.29, 0.717) is 16.9 Å². The smallest absolute Gasteiger partial charge is 0.295 e.